The summed E-state index contributed by atoms with van der Waals surface area (Å²) in [6.45, 7) is 1.78. The SMILES string of the molecule is Cc1cc2[nH]c(-c3ccccc3C(F)F)c(F)c2cn1. The van der Waals surface area contributed by atoms with Crippen molar-refractivity contribution in [3.8, 4) is 11.3 Å². The van der Waals surface area contributed by atoms with Crippen molar-refractivity contribution in [2.45, 2.75) is 13.3 Å². The van der Waals surface area contributed by atoms with Crippen LogP contribution in [-0.4, -0.2) is 9.97 Å². The van der Waals surface area contributed by atoms with Gasteiger partial charge in [0.15, 0.2) is 5.82 Å². The molecule has 0 unspecified atom stereocenters. The summed E-state index contributed by atoms with van der Waals surface area (Å²) in [4.78, 5) is 6.89. The molecule has 0 saturated carbocycles. The number of aromatic amines is 1. The lowest BCUT2D eigenvalue weighted by Gasteiger charge is -2.06. The van der Waals surface area contributed by atoms with Crippen molar-refractivity contribution in [2.24, 2.45) is 0 Å². The molecule has 0 aliphatic rings. The van der Waals surface area contributed by atoms with Gasteiger partial charge in [-0.25, -0.2) is 13.2 Å². The third-order valence-corrected chi connectivity index (χ3v) is 3.22. The van der Waals surface area contributed by atoms with Crippen molar-refractivity contribution >= 4 is 10.9 Å². The van der Waals surface area contributed by atoms with Crippen LogP contribution in [0.25, 0.3) is 22.2 Å². The van der Waals surface area contributed by atoms with Crippen LogP contribution in [0, 0.1) is 12.7 Å². The minimum Gasteiger partial charge on any atom is -0.352 e. The summed E-state index contributed by atoms with van der Waals surface area (Å²) in [5, 5.41) is 0.301. The number of aromatic nitrogens is 2. The standard InChI is InChI=1S/C15H11F3N2/c1-8-6-12-11(7-19-8)13(16)14(20-12)9-4-2-3-5-10(9)15(17)18/h2-7,15,20H,1H3. The minimum absolute atomic E-state index is 0.0725. The van der Waals surface area contributed by atoms with Gasteiger partial charge in [0.25, 0.3) is 6.43 Å². The third kappa shape index (κ3) is 1.95. The van der Waals surface area contributed by atoms with E-state index in [9.17, 15) is 13.2 Å². The first kappa shape index (κ1) is 12.7. The van der Waals surface area contributed by atoms with E-state index in [1.54, 1.807) is 19.1 Å². The highest BCUT2D eigenvalue weighted by Crippen LogP contribution is 2.34. The van der Waals surface area contributed by atoms with E-state index in [4.69, 9.17) is 0 Å². The molecular formula is C15H11F3N2. The molecule has 2 nitrogen and oxygen atoms in total. The van der Waals surface area contributed by atoms with Crippen LogP contribution in [-0.2, 0) is 0 Å². The molecule has 1 aromatic carbocycles. The predicted octanol–water partition coefficient (Wildman–Crippen LogP) is 4.62. The van der Waals surface area contributed by atoms with Gasteiger partial charge in [0.05, 0.1) is 16.6 Å². The number of fused-ring (bicyclic) bond motifs is 1. The van der Waals surface area contributed by atoms with Gasteiger partial charge in [0.2, 0.25) is 0 Å². The fourth-order valence-electron chi connectivity index (χ4n) is 2.26. The molecule has 0 radical (unpaired) electrons. The molecule has 2 aromatic heterocycles. The summed E-state index contributed by atoms with van der Waals surface area (Å²) >= 11 is 0. The number of benzene rings is 1. The number of hydrogen-bond donors (Lipinski definition) is 1. The normalized spacial score (nSPS) is 11.4. The van der Waals surface area contributed by atoms with E-state index >= 15 is 0 Å². The van der Waals surface area contributed by atoms with Gasteiger partial charge in [0, 0.05) is 23.0 Å². The fraction of sp³-hybridized carbons (Fsp3) is 0.133. The highest BCUT2D eigenvalue weighted by Gasteiger charge is 2.19. The van der Waals surface area contributed by atoms with Crippen molar-refractivity contribution in [2.75, 3.05) is 0 Å². The molecule has 0 spiro atoms. The van der Waals surface area contributed by atoms with Gasteiger partial charge >= 0.3 is 0 Å². The summed E-state index contributed by atoms with van der Waals surface area (Å²) in [5.74, 6) is -0.555. The third-order valence-electron chi connectivity index (χ3n) is 3.22. The Balaban J connectivity index is 2.27. The van der Waals surface area contributed by atoms with Crippen LogP contribution >= 0.6 is 0 Å². The first-order valence-electron chi connectivity index (χ1n) is 6.09. The Morgan fingerprint density at radius 3 is 2.70 bits per heavy atom. The second kappa shape index (κ2) is 4.67. The number of aryl methyl sites for hydroxylation is 1. The smallest absolute Gasteiger partial charge is 0.264 e. The molecule has 0 aliphatic heterocycles. The van der Waals surface area contributed by atoms with Gasteiger partial charge in [-0.2, -0.15) is 0 Å². The summed E-state index contributed by atoms with van der Waals surface area (Å²) < 4.78 is 40.4. The number of nitrogens with zero attached hydrogens (tertiary/aromatic N) is 1. The van der Waals surface area contributed by atoms with Crippen molar-refractivity contribution in [3.05, 3.63) is 53.6 Å². The Bertz CT molecular complexity index is 778. The highest BCUT2D eigenvalue weighted by atomic mass is 19.3. The number of alkyl halides is 2. The lowest BCUT2D eigenvalue weighted by molar-refractivity contribution is 0.152. The monoisotopic (exact) mass is 276 g/mol. The van der Waals surface area contributed by atoms with E-state index in [1.807, 2.05) is 0 Å². The molecule has 0 atom stereocenters. The van der Waals surface area contributed by atoms with Crippen molar-refractivity contribution in [1.29, 1.82) is 0 Å². The first-order chi connectivity index (χ1) is 9.58. The second-order valence-corrected chi connectivity index (χ2v) is 4.57. The molecule has 0 bridgehead atoms. The highest BCUT2D eigenvalue weighted by molar-refractivity contribution is 5.87. The van der Waals surface area contributed by atoms with E-state index < -0.39 is 12.2 Å². The minimum atomic E-state index is -2.66. The first-order valence-corrected chi connectivity index (χ1v) is 6.09. The quantitative estimate of drug-likeness (QED) is 0.727. The maximum absolute atomic E-state index is 14.4. The molecule has 102 valence electrons. The molecule has 1 N–H and O–H groups in total. The lowest BCUT2D eigenvalue weighted by Crippen LogP contribution is -1.91. The summed E-state index contributed by atoms with van der Waals surface area (Å²) in [7, 11) is 0. The van der Waals surface area contributed by atoms with E-state index in [0.717, 1.165) is 5.69 Å². The molecule has 0 aliphatic carbocycles. The van der Waals surface area contributed by atoms with Gasteiger partial charge in [-0.15, -0.1) is 0 Å². The van der Waals surface area contributed by atoms with E-state index in [2.05, 4.69) is 9.97 Å². The van der Waals surface area contributed by atoms with Gasteiger partial charge in [-0.1, -0.05) is 24.3 Å². The topological polar surface area (TPSA) is 28.7 Å². The van der Waals surface area contributed by atoms with E-state index in [-0.39, 0.29) is 16.8 Å². The van der Waals surface area contributed by atoms with Crippen molar-refractivity contribution < 1.29 is 13.2 Å². The number of halogens is 3. The molecular weight excluding hydrogens is 265 g/mol. The Hall–Kier alpha value is -2.30. The molecule has 3 rings (SSSR count). The summed E-state index contributed by atoms with van der Waals surface area (Å²) in [6, 6.07) is 7.59. The Morgan fingerprint density at radius 2 is 1.95 bits per heavy atom. The molecule has 5 heteroatoms. The second-order valence-electron chi connectivity index (χ2n) is 4.57. The number of hydrogen-bond acceptors (Lipinski definition) is 1. The van der Waals surface area contributed by atoms with Gasteiger partial charge in [-0.05, 0) is 13.0 Å². The largest absolute Gasteiger partial charge is 0.352 e. The zero-order valence-corrected chi connectivity index (χ0v) is 10.6. The van der Waals surface area contributed by atoms with Crippen LogP contribution in [0.2, 0.25) is 0 Å². The number of rotatable bonds is 2. The molecule has 0 amide bonds. The van der Waals surface area contributed by atoms with E-state index in [0.29, 0.717) is 10.9 Å². The van der Waals surface area contributed by atoms with Crippen LogP contribution in [0.1, 0.15) is 17.7 Å². The average Bonchev–Trinajstić information content (AvgIpc) is 2.75. The van der Waals surface area contributed by atoms with E-state index in [1.165, 1.54) is 24.4 Å². The zero-order valence-electron chi connectivity index (χ0n) is 10.6. The van der Waals surface area contributed by atoms with Gasteiger partial charge in [-0.3, -0.25) is 4.98 Å². The summed E-state index contributed by atoms with van der Waals surface area (Å²) in [5.41, 5.74) is 1.33. The Morgan fingerprint density at radius 1 is 1.20 bits per heavy atom. The van der Waals surface area contributed by atoms with Crippen LogP contribution in [0.5, 0.6) is 0 Å². The van der Waals surface area contributed by atoms with Crippen molar-refractivity contribution in [3.63, 3.8) is 0 Å². The number of pyridine rings is 1. The number of nitrogens with one attached hydrogen (secondary N) is 1. The van der Waals surface area contributed by atoms with Crippen molar-refractivity contribution in [1.82, 2.24) is 9.97 Å². The van der Waals surface area contributed by atoms with Crippen LogP contribution in [0.15, 0.2) is 36.5 Å². The predicted molar refractivity (Wildman–Crippen MR) is 71.2 cm³/mol. The maximum atomic E-state index is 14.4. The van der Waals surface area contributed by atoms with Gasteiger partial charge < -0.3 is 4.98 Å². The molecule has 0 saturated heterocycles. The van der Waals surface area contributed by atoms with Crippen LogP contribution in [0.3, 0.4) is 0 Å². The molecule has 2 heterocycles. The average molecular weight is 276 g/mol. The molecule has 20 heavy (non-hydrogen) atoms. The number of H-pyrrole nitrogens is 1. The zero-order chi connectivity index (χ0) is 14.3. The van der Waals surface area contributed by atoms with Crippen LogP contribution in [0.4, 0.5) is 13.2 Å². The Kier molecular flexibility index (Phi) is 2.97. The fourth-order valence-corrected chi connectivity index (χ4v) is 2.26. The Labute approximate surface area is 113 Å². The summed E-state index contributed by atoms with van der Waals surface area (Å²) in [6.07, 6.45) is -1.25. The van der Waals surface area contributed by atoms with Crippen LogP contribution < -0.4 is 0 Å². The lowest BCUT2D eigenvalue weighted by atomic mass is 10.0. The molecule has 0 fully saturated rings. The maximum Gasteiger partial charge on any atom is 0.264 e. The molecule has 3 aromatic rings. The van der Waals surface area contributed by atoms with Gasteiger partial charge in [0.1, 0.15) is 0 Å².